The van der Waals surface area contributed by atoms with E-state index in [4.69, 9.17) is 0 Å². The van der Waals surface area contributed by atoms with Crippen LogP contribution in [0.3, 0.4) is 0 Å². The fourth-order valence-corrected chi connectivity index (χ4v) is 3.44. The van der Waals surface area contributed by atoms with Gasteiger partial charge in [-0.3, -0.25) is 9.59 Å². The molecule has 25 heavy (non-hydrogen) atoms. The first kappa shape index (κ1) is 19.4. The maximum atomic E-state index is 13.0. The molecule has 2 rings (SSSR count). The fourth-order valence-electron chi connectivity index (χ4n) is 3.44. The molecule has 138 valence electrons. The van der Waals surface area contributed by atoms with E-state index in [-0.39, 0.29) is 17.7 Å². The summed E-state index contributed by atoms with van der Waals surface area (Å²) in [5.74, 6) is 0.520. The predicted molar refractivity (Wildman–Crippen MR) is 100 cm³/mol. The molecule has 0 bridgehead atoms. The van der Waals surface area contributed by atoms with E-state index in [1.807, 2.05) is 56.1 Å². The van der Waals surface area contributed by atoms with Crippen LogP contribution in [0, 0.1) is 11.8 Å². The maximum Gasteiger partial charge on any atom is 0.245 e. The summed E-state index contributed by atoms with van der Waals surface area (Å²) in [4.78, 5) is 27.3. The monoisotopic (exact) mass is 345 g/mol. The zero-order chi connectivity index (χ0) is 18.2. The average molecular weight is 345 g/mol. The Balaban J connectivity index is 1.96. The Morgan fingerprint density at radius 1 is 1.24 bits per heavy atom. The lowest BCUT2D eigenvalue weighted by Gasteiger charge is -2.36. The average Bonchev–Trinajstić information content (AvgIpc) is 2.60. The zero-order valence-corrected chi connectivity index (χ0v) is 15.6. The summed E-state index contributed by atoms with van der Waals surface area (Å²) < 4.78 is 0. The first-order valence-electron chi connectivity index (χ1n) is 9.28. The Bertz CT molecular complexity index is 557. The summed E-state index contributed by atoms with van der Waals surface area (Å²) in [7, 11) is 1.95. The third-order valence-corrected chi connectivity index (χ3v) is 4.78. The van der Waals surface area contributed by atoms with Gasteiger partial charge in [-0.1, -0.05) is 44.2 Å². The highest BCUT2D eigenvalue weighted by molar-refractivity contribution is 5.88. The van der Waals surface area contributed by atoms with E-state index in [0.29, 0.717) is 12.3 Å². The number of carbonyl (C=O) groups excluding carboxylic acids is 2. The molecule has 1 aromatic rings. The minimum Gasteiger partial charge on any atom is -0.344 e. The summed E-state index contributed by atoms with van der Waals surface area (Å²) in [6.45, 7) is 6.46. The number of carbonyl (C=O) groups is 2. The van der Waals surface area contributed by atoms with E-state index in [9.17, 15) is 9.59 Å². The van der Waals surface area contributed by atoms with Gasteiger partial charge in [0.25, 0.3) is 0 Å². The Labute approximate surface area is 151 Å². The summed E-state index contributed by atoms with van der Waals surface area (Å²) in [5, 5.41) is 6.16. The summed E-state index contributed by atoms with van der Waals surface area (Å²) in [6.07, 6.45) is 2.48. The van der Waals surface area contributed by atoms with E-state index in [1.54, 1.807) is 0 Å². The first-order chi connectivity index (χ1) is 12.0. The number of rotatable bonds is 7. The predicted octanol–water partition coefficient (Wildman–Crippen LogP) is 1.83. The normalized spacial score (nSPS) is 18.9. The molecule has 0 aliphatic carbocycles. The summed E-state index contributed by atoms with van der Waals surface area (Å²) in [6, 6.07) is 9.17. The van der Waals surface area contributed by atoms with Crippen LogP contribution in [0.5, 0.6) is 0 Å². The maximum absolute atomic E-state index is 13.0. The molecule has 1 aromatic carbocycles. The molecule has 0 aromatic heterocycles. The van der Waals surface area contributed by atoms with Gasteiger partial charge >= 0.3 is 0 Å². The topological polar surface area (TPSA) is 61.4 Å². The van der Waals surface area contributed by atoms with Crippen molar-refractivity contribution in [3.63, 3.8) is 0 Å². The number of piperidine rings is 1. The van der Waals surface area contributed by atoms with Gasteiger partial charge in [-0.05, 0) is 43.8 Å². The quantitative estimate of drug-likeness (QED) is 0.792. The molecular formula is C20H31N3O2. The van der Waals surface area contributed by atoms with Crippen molar-refractivity contribution < 1.29 is 9.59 Å². The number of hydrogen-bond acceptors (Lipinski definition) is 3. The van der Waals surface area contributed by atoms with Gasteiger partial charge in [0.05, 0.1) is 6.42 Å². The van der Waals surface area contributed by atoms with Gasteiger partial charge in [0, 0.05) is 13.1 Å². The molecule has 0 radical (unpaired) electrons. The molecule has 0 saturated carbocycles. The van der Waals surface area contributed by atoms with Crippen LogP contribution in [0.4, 0.5) is 0 Å². The van der Waals surface area contributed by atoms with Crippen LogP contribution in [-0.2, 0) is 16.0 Å². The Hall–Kier alpha value is -1.88. The zero-order valence-electron chi connectivity index (χ0n) is 15.6. The van der Waals surface area contributed by atoms with Gasteiger partial charge in [0.1, 0.15) is 6.04 Å². The van der Waals surface area contributed by atoms with Gasteiger partial charge in [0.2, 0.25) is 11.8 Å². The lowest BCUT2D eigenvalue weighted by Crippen LogP contribution is -2.54. The Kier molecular flexibility index (Phi) is 7.44. The fraction of sp³-hybridized carbons (Fsp3) is 0.600. The number of likely N-dealkylation sites (tertiary alicyclic amines) is 1. The number of amides is 2. The van der Waals surface area contributed by atoms with Gasteiger partial charge in [-0.25, -0.2) is 0 Å². The van der Waals surface area contributed by atoms with Crippen molar-refractivity contribution in [2.24, 2.45) is 11.8 Å². The second-order valence-corrected chi connectivity index (χ2v) is 7.30. The van der Waals surface area contributed by atoms with Gasteiger partial charge in [-0.15, -0.1) is 0 Å². The lowest BCUT2D eigenvalue weighted by atomic mass is 9.95. The molecule has 2 unspecified atom stereocenters. The van der Waals surface area contributed by atoms with Crippen molar-refractivity contribution in [3.05, 3.63) is 35.9 Å². The van der Waals surface area contributed by atoms with E-state index in [2.05, 4.69) is 10.6 Å². The number of hydrogen-bond donors (Lipinski definition) is 2. The van der Waals surface area contributed by atoms with E-state index >= 15 is 0 Å². The van der Waals surface area contributed by atoms with Crippen LogP contribution < -0.4 is 10.6 Å². The standard InChI is InChI=1S/C20H31N3O2/c1-15(2)19(22-18(24)12-16-8-5-4-6-9-16)20(25)23-11-7-10-17(14-23)13-21-3/h4-6,8-9,15,17,19,21H,7,10-14H2,1-3H3,(H,22,24). The summed E-state index contributed by atoms with van der Waals surface area (Å²) >= 11 is 0. The molecule has 1 aliphatic rings. The smallest absolute Gasteiger partial charge is 0.245 e. The third kappa shape index (κ3) is 5.85. The minimum atomic E-state index is -0.454. The van der Waals surface area contributed by atoms with Crippen LogP contribution in [0.2, 0.25) is 0 Å². The lowest BCUT2D eigenvalue weighted by molar-refractivity contribution is -0.139. The molecule has 5 nitrogen and oxygen atoms in total. The van der Waals surface area contributed by atoms with Crippen LogP contribution in [0.1, 0.15) is 32.3 Å². The van der Waals surface area contributed by atoms with Crippen molar-refractivity contribution in [1.82, 2.24) is 15.5 Å². The molecule has 0 spiro atoms. The SMILES string of the molecule is CNCC1CCCN(C(=O)C(NC(=O)Cc2ccccc2)C(C)C)C1. The Morgan fingerprint density at radius 3 is 2.60 bits per heavy atom. The highest BCUT2D eigenvalue weighted by Crippen LogP contribution is 2.18. The van der Waals surface area contributed by atoms with Crippen molar-refractivity contribution >= 4 is 11.8 Å². The van der Waals surface area contributed by atoms with Crippen molar-refractivity contribution in [1.29, 1.82) is 0 Å². The Morgan fingerprint density at radius 2 is 1.96 bits per heavy atom. The van der Waals surface area contributed by atoms with E-state index in [1.165, 1.54) is 0 Å². The molecule has 1 aliphatic heterocycles. The molecule has 2 N–H and O–H groups in total. The second-order valence-electron chi connectivity index (χ2n) is 7.30. The van der Waals surface area contributed by atoms with E-state index in [0.717, 1.165) is 38.0 Å². The van der Waals surface area contributed by atoms with Gasteiger partial charge in [-0.2, -0.15) is 0 Å². The molecule has 1 heterocycles. The molecule has 2 atom stereocenters. The van der Waals surface area contributed by atoms with Crippen molar-refractivity contribution in [3.8, 4) is 0 Å². The molecular weight excluding hydrogens is 314 g/mol. The van der Waals surface area contributed by atoms with Crippen LogP contribution >= 0.6 is 0 Å². The van der Waals surface area contributed by atoms with Crippen LogP contribution in [0.15, 0.2) is 30.3 Å². The summed E-state index contributed by atoms with van der Waals surface area (Å²) in [5.41, 5.74) is 0.960. The van der Waals surface area contributed by atoms with Crippen LogP contribution in [-0.4, -0.2) is 49.4 Å². The van der Waals surface area contributed by atoms with Crippen LogP contribution in [0.25, 0.3) is 0 Å². The molecule has 1 fully saturated rings. The second kappa shape index (κ2) is 9.56. The van der Waals surface area contributed by atoms with E-state index < -0.39 is 6.04 Å². The largest absolute Gasteiger partial charge is 0.344 e. The third-order valence-electron chi connectivity index (χ3n) is 4.78. The number of nitrogens with zero attached hydrogens (tertiary/aromatic N) is 1. The highest BCUT2D eigenvalue weighted by Gasteiger charge is 2.31. The van der Waals surface area contributed by atoms with Crippen molar-refractivity contribution in [2.75, 3.05) is 26.7 Å². The molecule has 5 heteroatoms. The molecule has 2 amide bonds. The number of nitrogens with one attached hydrogen (secondary N) is 2. The highest BCUT2D eigenvalue weighted by atomic mass is 16.2. The minimum absolute atomic E-state index is 0.0530. The van der Waals surface area contributed by atoms with Gasteiger partial charge in [0.15, 0.2) is 0 Å². The first-order valence-corrected chi connectivity index (χ1v) is 9.28. The van der Waals surface area contributed by atoms with Gasteiger partial charge < -0.3 is 15.5 Å². The molecule has 1 saturated heterocycles. The number of benzene rings is 1. The van der Waals surface area contributed by atoms with Crippen molar-refractivity contribution in [2.45, 2.75) is 39.2 Å².